The largest absolute Gasteiger partial charge is 0.345 e. The predicted octanol–water partition coefficient (Wildman–Crippen LogP) is 4.59. The van der Waals surface area contributed by atoms with Gasteiger partial charge >= 0.3 is 0 Å². The fourth-order valence-corrected chi connectivity index (χ4v) is 4.74. The number of para-hydroxylation sites is 1. The second-order valence-electron chi connectivity index (χ2n) is 8.16. The Bertz CT molecular complexity index is 1410. The standard InChI is InChI=1S/C26H26N4O3S/c1-16-18(3)34-25-23(16)26(33)30(15-27-25)14-13-22(31)29-21-12-8-7-11-20(21)24(32)28-17(2)19-9-5-4-6-10-19/h4-12,15,17H,13-14H2,1-3H3,(H,28,32)(H,29,31). The van der Waals surface area contributed by atoms with Crippen molar-refractivity contribution in [2.24, 2.45) is 0 Å². The summed E-state index contributed by atoms with van der Waals surface area (Å²) in [4.78, 5) is 44.6. The van der Waals surface area contributed by atoms with E-state index in [2.05, 4.69) is 15.6 Å². The zero-order chi connectivity index (χ0) is 24.2. The van der Waals surface area contributed by atoms with Gasteiger partial charge in [-0.25, -0.2) is 4.98 Å². The fourth-order valence-electron chi connectivity index (χ4n) is 3.75. The van der Waals surface area contributed by atoms with E-state index in [0.29, 0.717) is 21.5 Å². The molecule has 2 N–H and O–H groups in total. The van der Waals surface area contributed by atoms with Crippen LogP contribution in [-0.4, -0.2) is 21.4 Å². The van der Waals surface area contributed by atoms with Crippen molar-refractivity contribution in [2.45, 2.75) is 39.8 Å². The maximum Gasteiger partial charge on any atom is 0.262 e. The van der Waals surface area contributed by atoms with Crippen LogP contribution in [0, 0.1) is 13.8 Å². The fraction of sp³-hybridized carbons (Fsp3) is 0.231. The van der Waals surface area contributed by atoms with Gasteiger partial charge in [-0.3, -0.25) is 19.0 Å². The number of aromatic nitrogens is 2. The molecule has 2 aromatic carbocycles. The lowest BCUT2D eigenvalue weighted by molar-refractivity contribution is -0.116. The second-order valence-corrected chi connectivity index (χ2v) is 9.36. The maximum absolute atomic E-state index is 12.9. The Morgan fingerprint density at radius 1 is 1.06 bits per heavy atom. The van der Waals surface area contributed by atoms with Crippen molar-refractivity contribution in [2.75, 3.05) is 5.32 Å². The molecule has 0 bridgehead atoms. The molecule has 34 heavy (non-hydrogen) atoms. The number of carbonyl (C=O) groups is 2. The molecule has 1 atom stereocenters. The zero-order valence-electron chi connectivity index (χ0n) is 19.3. The average molecular weight is 475 g/mol. The summed E-state index contributed by atoms with van der Waals surface area (Å²) in [6, 6.07) is 16.4. The van der Waals surface area contributed by atoms with E-state index in [1.165, 1.54) is 22.2 Å². The number of nitrogens with one attached hydrogen (secondary N) is 2. The molecule has 2 aromatic heterocycles. The molecule has 0 spiro atoms. The molecule has 0 saturated heterocycles. The number of aryl methyl sites for hydroxylation is 3. The van der Waals surface area contributed by atoms with Crippen molar-refractivity contribution in [3.05, 3.63) is 92.8 Å². The third kappa shape index (κ3) is 4.92. The van der Waals surface area contributed by atoms with Gasteiger partial charge in [-0.15, -0.1) is 11.3 Å². The summed E-state index contributed by atoms with van der Waals surface area (Å²) in [6.45, 7) is 5.98. The smallest absolute Gasteiger partial charge is 0.262 e. The summed E-state index contributed by atoms with van der Waals surface area (Å²) >= 11 is 1.49. The normalized spacial score (nSPS) is 11.9. The summed E-state index contributed by atoms with van der Waals surface area (Å²) in [6.07, 6.45) is 1.56. The van der Waals surface area contributed by atoms with Crippen molar-refractivity contribution in [3.8, 4) is 0 Å². The zero-order valence-corrected chi connectivity index (χ0v) is 20.1. The molecule has 0 fully saturated rings. The van der Waals surface area contributed by atoms with Crippen LogP contribution in [0.4, 0.5) is 5.69 Å². The molecule has 8 heteroatoms. The molecule has 0 aliphatic rings. The number of nitrogens with zero attached hydrogens (tertiary/aromatic N) is 2. The van der Waals surface area contributed by atoms with Crippen LogP contribution >= 0.6 is 11.3 Å². The van der Waals surface area contributed by atoms with E-state index >= 15 is 0 Å². The van der Waals surface area contributed by atoms with Crippen LogP contribution in [0.3, 0.4) is 0 Å². The predicted molar refractivity (Wildman–Crippen MR) is 135 cm³/mol. The van der Waals surface area contributed by atoms with Crippen molar-refractivity contribution >= 4 is 39.1 Å². The average Bonchev–Trinajstić information content (AvgIpc) is 3.13. The first-order valence-electron chi connectivity index (χ1n) is 11.0. The van der Waals surface area contributed by atoms with Gasteiger partial charge < -0.3 is 10.6 Å². The number of thiophene rings is 1. The van der Waals surface area contributed by atoms with Crippen LogP contribution in [0.15, 0.2) is 65.7 Å². The number of rotatable bonds is 7. The Morgan fingerprint density at radius 3 is 2.53 bits per heavy atom. The van der Waals surface area contributed by atoms with Gasteiger partial charge in [0.2, 0.25) is 5.91 Å². The number of fused-ring (bicyclic) bond motifs is 1. The minimum Gasteiger partial charge on any atom is -0.345 e. The third-order valence-corrected chi connectivity index (χ3v) is 6.94. The molecule has 0 aliphatic heterocycles. The van der Waals surface area contributed by atoms with Gasteiger partial charge in [0.1, 0.15) is 4.83 Å². The molecular weight excluding hydrogens is 448 g/mol. The van der Waals surface area contributed by atoms with E-state index < -0.39 is 0 Å². The Labute approximate surface area is 201 Å². The SMILES string of the molecule is Cc1sc2ncn(CCC(=O)Nc3ccccc3C(=O)NC(C)c3ccccc3)c(=O)c2c1C. The highest BCUT2D eigenvalue weighted by molar-refractivity contribution is 7.18. The van der Waals surface area contributed by atoms with E-state index in [1.807, 2.05) is 51.1 Å². The van der Waals surface area contributed by atoms with Crippen LogP contribution in [0.2, 0.25) is 0 Å². The number of anilines is 1. The highest BCUT2D eigenvalue weighted by Gasteiger charge is 2.17. The minimum absolute atomic E-state index is 0.0750. The Balaban J connectivity index is 1.44. The molecule has 4 rings (SSSR count). The molecule has 174 valence electrons. The van der Waals surface area contributed by atoms with E-state index in [1.54, 1.807) is 24.3 Å². The number of hydrogen-bond acceptors (Lipinski definition) is 5. The van der Waals surface area contributed by atoms with E-state index in [9.17, 15) is 14.4 Å². The third-order valence-electron chi connectivity index (χ3n) is 5.83. The number of hydrogen-bond donors (Lipinski definition) is 2. The van der Waals surface area contributed by atoms with Crippen LogP contribution < -0.4 is 16.2 Å². The van der Waals surface area contributed by atoms with Gasteiger partial charge in [-0.05, 0) is 44.0 Å². The lowest BCUT2D eigenvalue weighted by Gasteiger charge is -2.16. The maximum atomic E-state index is 12.9. The first-order valence-corrected chi connectivity index (χ1v) is 11.9. The molecule has 4 aromatic rings. The van der Waals surface area contributed by atoms with Crippen molar-refractivity contribution in [1.82, 2.24) is 14.9 Å². The topological polar surface area (TPSA) is 93.1 Å². The van der Waals surface area contributed by atoms with Crippen LogP contribution in [0.1, 0.15) is 45.7 Å². The molecule has 2 amide bonds. The first-order chi connectivity index (χ1) is 16.3. The van der Waals surface area contributed by atoms with Gasteiger partial charge in [-0.2, -0.15) is 0 Å². The van der Waals surface area contributed by atoms with E-state index in [-0.39, 0.29) is 36.4 Å². The van der Waals surface area contributed by atoms with E-state index in [0.717, 1.165) is 16.0 Å². The summed E-state index contributed by atoms with van der Waals surface area (Å²) < 4.78 is 1.46. The molecule has 0 radical (unpaired) electrons. The Hall–Kier alpha value is -3.78. The van der Waals surface area contributed by atoms with Gasteiger partial charge in [0.25, 0.3) is 11.5 Å². The number of amides is 2. The van der Waals surface area contributed by atoms with Crippen molar-refractivity contribution < 1.29 is 9.59 Å². The monoisotopic (exact) mass is 474 g/mol. The molecule has 2 heterocycles. The Morgan fingerprint density at radius 2 is 1.76 bits per heavy atom. The van der Waals surface area contributed by atoms with Crippen LogP contribution in [0.5, 0.6) is 0 Å². The highest BCUT2D eigenvalue weighted by Crippen LogP contribution is 2.25. The molecule has 1 unspecified atom stereocenters. The van der Waals surface area contributed by atoms with Crippen molar-refractivity contribution in [3.63, 3.8) is 0 Å². The molecule has 0 saturated carbocycles. The molecule has 0 aliphatic carbocycles. The second kappa shape index (κ2) is 10.0. The van der Waals surface area contributed by atoms with Gasteiger partial charge in [0.15, 0.2) is 0 Å². The summed E-state index contributed by atoms with van der Waals surface area (Å²) in [5, 5.41) is 6.40. The van der Waals surface area contributed by atoms with Crippen molar-refractivity contribution in [1.29, 1.82) is 0 Å². The summed E-state index contributed by atoms with van der Waals surface area (Å²) in [5.74, 6) is -0.567. The number of carbonyl (C=O) groups excluding carboxylic acids is 2. The number of benzene rings is 2. The van der Waals surface area contributed by atoms with Crippen LogP contribution in [0.25, 0.3) is 10.2 Å². The summed E-state index contributed by atoms with van der Waals surface area (Å²) in [7, 11) is 0. The minimum atomic E-state index is -0.290. The lowest BCUT2D eigenvalue weighted by Crippen LogP contribution is -2.28. The quantitative estimate of drug-likeness (QED) is 0.410. The molecular formula is C26H26N4O3S. The molecule has 7 nitrogen and oxygen atoms in total. The Kier molecular flexibility index (Phi) is 6.88. The highest BCUT2D eigenvalue weighted by atomic mass is 32.1. The van der Waals surface area contributed by atoms with Gasteiger partial charge in [-0.1, -0.05) is 42.5 Å². The van der Waals surface area contributed by atoms with Gasteiger partial charge in [0, 0.05) is 17.8 Å². The first kappa shape index (κ1) is 23.4. The van der Waals surface area contributed by atoms with Crippen LogP contribution in [-0.2, 0) is 11.3 Å². The lowest BCUT2D eigenvalue weighted by atomic mass is 10.1. The summed E-state index contributed by atoms with van der Waals surface area (Å²) in [5.41, 5.74) is 2.58. The van der Waals surface area contributed by atoms with Gasteiger partial charge in [0.05, 0.1) is 29.0 Å². The van der Waals surface area contributed by atoms with E-state index in [4.69, 9.17) is 0 Å².